The largest absolute Gasteiger partial charge is 0.383 e. The van der Waals surface area contributed by atoms with Crippen molar-refractivity contribution in [2.75, 3.05) is 20.3 Å². The molecule has 1 heterocycles. The van der Waals surface area contributed by atoms with E-state index >= 15 is 0 Å². The molecule has 2 aromatic rings. The van der Waals surface area contributed by atoms with E-state index in [4.69, 9.17) is 4.74 Å². The third-order valence-electron chi connectivity index (χ3n) is 3.14. The minimum atomic E-state index is -0.195. The molecule has 1 N–H and O–H groups in total. The molecule has 1 aromatic heterocycles. The van der Waals surface area contributed by atoms with Crippen molar-refractivity contribution < 1.29 is 9.13 Å². The zero-order valence-electron chi connectivity index (χ0n) is 11.7. The maximum Gasteiger partial charge on any atom is 0.123 e. The van der Waals surface area contributed by atoms with Crippen LogP contribution in [0.4, 0.5) is 4.39 Å². The molecule has 0 bridgehead atoms. The number of methoxy groups -OCH3 is 1. The minimum absolute atomic E-state index is 0.195. The highest BCUT2D eigenvalue weighted by molar-refractivity contribution is 5.16. The van der Waals surface area contributed by atoms with E-state index < -0.39 is 0 Å². The number of ether oxygens (including phenoxy) is 1. The molecule has 0 unspecified atom stereocenters. The smallest absolute Gasteiger partial charge is 0.123 e. The molecule has 1 aromatic carbocycles. The van der Waals surface area contributed by atoms with E-state index in [-0.39, 0.29) is 5.82 Å². The quantitative estimate of drug-likeness (QED) is 0.750. The minimum Gasteiger partial charge on any atom is -0.383 e. The fourth-order valence-electron chi connectivity index (χ4n) is 1.99. The first-order valence-electron chi connectivity index (χ1n) is 6.72. The van der Waals surface area contributed by atoms with Crippen LogP contribution in [0.3, 0.4) is 0 Å². The Hall–Kier alpha value is -1.72. The van der Waals surface area contributed by atoms with E-state index in [0.717, 1.165) is 37.3 Å². The lowest BCUT2D eigenvalue weighted by molar-refractivity contribution is 0.199. The lowest BCUT2D eigenvalue weighted by atomic mass is 10.1. The normalized spacial score (nSPS) is 10.9. The summed E-state index contributed by atoms with van der Waals surface area (Å²) in [5.41, 5.74) is 2.27. The van der Waals surface area contributed by atoms with Gasteiger partial charge in [0, 0.05) is 32.9 Å². The molecule has 108 valence electrons. The number of nitrogens with zero attached hydrogens (tertiary/aromatic N) is 2. The number of imidazole rings is 1. The Kier molecular flexibility index (Phi) is 5.70. The third-order valence-corrected chi connectivity index (χ3v) is 3.14. The molecule has 20 heavy (non-hydrogen) atoms. The molecule has 0 atom stereocenters. The van der Waals surface area contributed by atoms with E-state index in [1.54, 1.807) is 7.11 Å². The van der Waals surface area contributed by atoms with Gasteiger partial charge in [0.2, 0.25) is 0 Å². The summed E-state index contributed by atoms with van der Waals surface area (Å²) in [6, 6.07) is 6.64. The Balaban J connectivity index is 1.83. The standard InChI is InChI=1S/C15H20FN3O/c1-20-9-7-17-10-15-11-18-12-19(15)8-6-13-2-4-14(16)5-3-13/h2-5,11-12,17H,6-10H2,1H3. The van der Waals surface area contributed by atoms with Gasteiger partial charge in [0.15, 0.2) is 0 Å². The molecule has 2 rings (SSSR count). The van der Waals surface area contributed by atoms with Gasteiger partial charge in [0.25, 0.3) is 0 Å². The van der Waals surface area contributed by atoms with Crippen LogP contribution in [0.2, 0.25) is 0 Å². The van der Waals surface area contributed by atoms with Crippen LogP contribution in [0.15, 0.2) is 36.8 Å². The van der Waals surface area contributed by atoms with Gasteiger partial charge >= 0.3 is 0 Å². The molecule has 4 nitrogen and oxygen atoms in total. The predicted octanol–water partition coefficient (Wildman–Crippen LogP) is 2.00. The number of hydrogen-bond acceptors (Lipinski definition) is 3. The summed E-state index contributed by atoms with van der Waals surface area (Å²) < 4.78 is 19.9. The zero-order chi connectivity index (χ0) is 14.2. The number of benzene rings is 1. The van der Waals surface area contributed by atoms with Crippen LogP contribution in [0.5, 0.6) is 0 Å². The lowest BCUT2D eigenvalue weighted by Gasteiger charge is -2.09. The van der Waals surface area contributed by atoms with E-state index in [9.17, 15) is 4.39 Å². The maximum atomic E-state index is 12.8. The van der Waals surface area contributed by atoms with Gasteiger partial charge in [-0.3, -0.25) is 0 Å². The summed E-state index contributed by atoms with van der Waals surface area (Å²) in [5.74, 6) is -0.195. The van der Waals surface area contributed by atoms with Gasteiger partial charge in [-0.2, -0.15) is 0 Å². The van der Waals surface area contributed by atoms with Crippen molar-refractivity contribution >= 4 is 0 Å². The number of halogens is 1. The number of aryl methyl sites for hydroxylation is 2. The molecule has 0 saturated heterocycles. The third kappa shape index (κ3) is 4.43. The highest BCUT2D eigenvalue weighted by Gasteiger charge is 2.02. The van der Waals surface area contributed by atoms with Gasteiger partial charge in [-0.15, -0.1) is 0 Å². The molecule has 0 fully saturated rings. The Morgan fingerprint density at radius 2 is 2.10 bits per heavy atom. The van der Waals surface area contributed by atoms with Gasteiger partial charge < -0.3 is 14.6 Å². The molecular formula is C15H20FN3O. The average molecular weight is 277 g/mol. The number of hydrogen-bond donors (Lipinski definition) is 1. The molecular weight excluding hydrogens is 257 g/mol. The molecule has 5 heteroatoms. The Morgan fingerprint density at radius 3 is 2.85 bits per heavy atom. The predicted molar refractivity (Wildman–Crippen MR) is 75.9 cm³/mol. The van der Waals surface area contributed by atoms with Crippen LogP contribution >= 0.6 is 0 Å². The van der Waals surface area contributed by atoms with Gasteiger partial charge in [-0.05, 0) is 24.1 Å². The number of aromatic nitrogens is 2. The van der Waals surface area contributed by atoms with E-state index in [2.05, 4.69) is 14.9 Å². The average Bonchev–Trinajstić information content (AvgIpc) is 2.90. The second-order valence-electron chi connectivity index (χ2n) is 4.62. The van der Waals surface area contributed by atoms with Crippen LogP contribution in [-0.4, -0.2) is 29.8 Å². The summed E-state index contributed by atoms with van der Waals surface area (Å²) >= 11 is 0. The zero-order valence-corrected chi connectivity index (χ0v) is 11.7. The monoisotopic (exact) mass is 277 g/mol. The van der Waals surface area contributed by atoms with Gasteiger partial charge in [0.05, 0.1) is 18.6 Å². The first-order valence-corrected chi connectivity index (χ1v) is 6.72. The van der Waals surface area contributed by atoms with Gasteiger partial charge in [0.1, 0.15) is 5.82 Å². The first kappa shape index (κ1) is 14.7. The highest BCUT2D eigenvalue weighted by Crippen LogP contribution is 2.06. The van der Waals surface area contributed by atoms with E-state index in [0.29, 0.717) is 6.61 Å². The van der Waals surface area contributed by atoms with Crippen LogP contribution < -0.4 is 5.32 Å². The van der Waals surface area contributed by atoms with E-state index in [1.807, 2.05) is 24.7 Å². The SMILES string of the molecule is COCCNCc1cncn1CCc1ccc(F)cc1. The van der Waals surface area contributed by atoms with E-state index in [1.165, 1.54) is 12.1 Å². The summed E-state index contributed by atoms with van der Waals surface area (Å²) in [6.45, 7) is 3.13. The lowest BCUT2D eigenvalue weighted by Crippen LogP contribution is -2.20. The molecule has 0 amide bonds. The molecule has 0 aliphatic rings. The van der Waals surface area contributed by atoms with Crippen molar-refractivity contribution in [3.63, 3.8) is 0 Å². The number of nitrogens with one attached hydrogen (secondary N) is 1. The molecule has 0 aliphatic carbocycles. The summed E-state index contributed by atoms with van der Waals surface area (Å²) in [7, 11) is 1.69. The van der Waals surface area contributed by atoms with Crippen LogP contribution in [0.25, 0.3) is 0 Å². The van der Waals surface area contributed by atoms with Crippen molar-refractivity contribution in [1.29, 1.82) is 0 Å². The van der Waals surface area contributed by atoms with Crippen molar-refractivity contribution in [3.05, 3.63) is 53.9 Å². The van der Waals surface area contributed by atoms with Crippen LogP contribution in [0, 0.1) is 5.82 Å². The van der Waals surface area contributed by atoms with Gasteiger partial charge in [-0.1, -0.05) is 12.1 Å². The number of rotatable bonds is 8. The Morgan fingerprint density at radius 1 is 1.30 bits per heavy atom. The van der Waals surface area contributed by atoms with Crippen molar-refractivity contribution in [3.8, 4) is 0 Å². The second-order valence-corrected chi connectivity index (χ2v) is 4.62. The van der Waals surface area contributed by atoms with Crippen molar-refractivity contribution in [2.24, 2.45) is 0 Å². The summed E-state index contributed by atoms with van der Waals surface area (Å²) in [5, 5.41) is 3.30. The van der Waals surface area contributed by atoms with Crippen LogP contribution in [0.1, 0.15) is 11.3 Å². The van der Waals surface area contributed by atoms with Crippen molar-refractivity contribution in [2.45, 2.75) is 19.5 Å². The first-order chi connectivity index (χ1) is 9.79. The fourth-order valence-corrected chi connectivity index (χ4v) is 1.99. The maximum absolute atomic E-state index is 12.8. The Labute approximate surface area is 118 Å². The molecule has 0 saturated carbocycles. The fraction of sp³-hybridized carbons (Fsp3) is 0.400. The van der Waals surface area contributed by atoms with Crippen molar-refractivity contribution in [1.82, 2.24) is 14.9 Å². The second kappa shape index (κ2) is 7.77. The highest BCUT2D eigenvalue weighted by atomic mass is 19.1. The summed E-state index contributed by atoms with van der Waals surface area (Å²) in [4.78, 5) is 4.18. The molecule has 0 radical (unpaired) electrons. The topological polar surface area (TPSA) is 39.1 Å². The summed E-state index contributed by atoms with van der Waals surface area (Å²) in [6.07, 6.45) is 4.56. The molecule has 0 aliphatic heterocycles. The van der Waals surface area contributed by atoms with Gasteiger partial charge in [-0.25, -0.2) is 9.37 Å². The Bertz CT molecular complexity index is 510. The molecule has 0 spiro atoms. The van der Waals surface area contributed by atoms with Crippen LogP contribution in [-0.2, 0) is 24.2 Å².